The van der Waals surface area contributed by atoms with E-state index >= 15 is 0 Å². The van der Waals surface area contributed by atoms with Crippen LogP contribution in [0.25, 0.3) is 0 Å². The minimum Gasteiger partial charge on any atom is -0.393 e. The van der Waals surface area contributed by atoms with E-state index in [1.165, 1.54) is 12.8 Å². The van der Waals surface area contributed by atoms with E-state index in [1.54, 1.807) is 0 Å². The van der Waals surface area contributed by atoms with E-state index in [4.69, 9.17) is 5.26 Å². The zero-order valence-corrected chi connectivity index (χ0v) is 18.3. The van der Waals surface area contributed by atoms with Crippen molar-refractivity contribution in [1.29, 1.82) is 5.26 Å². The van der Waals surface area contributed by atoms with Gasteiger partial charge in [0.2, 0.25) is 0 Å². The number of hydrogen-bond donors (Lipinski definition) is 2. The first-order valence-electron chi connectivity index (χ1n) is 12.0. The Bertz CT molecular complexity index is 708. The van der Waals surface area contributed by atoms with E-state index in [0.29, 0.717) is 35.5 Å². The van der Waals surface area contributed by atoms with Crippen molar-refractivity contribution in [3.63, 3.8) is 0 Å². The van der Waals surface area contributed by atoms with Crippen molar-refractivity contribution in [2.45, 2.75) is 96.2 Å². The summed E-state index contributed by atoms with van der Waals surface area (Å²) in [5.41, 5.74) is -0.265. The molecule has 3 nitrogen and oxygen atoms in total. The Hall–Kier alpha value is -1.11. The molecule has 4 rings (SSSR count). The quantitative estimate of drug-likeness (QED) is 0.484. The van der Waals surface area contributed by atoms with Gasteiger partial charge in [-0.15, -0.1) is 0 Å². The van der Waals surface area contributed by atoms with Crippen molar-refractivity contribution < 1.29 is 10.2 Å². The molecule has 0 amide bonds. The van der Waals surface area contributed by atoms with Crippen LogP contribution in [0.3, 0.4) is 0 Å². The number of fused-ring (bicyclic) bond motifs is 5. The second-order valence-electron chi connectivity index (χ2n) is 11.0. The van der Waals surface area contributed by atoms with Gasteiger partial charge < -0.3 is 10.2 Å². The van der Waals surface area contributed by atoms with Crippen molar-refractivity contribution in [2.75, 3.05) is 0 Å². The molecular weight excluding hydrogens is 358 g/mol. The van der Waals surface area contributed by atoms with Crippen LogP contribution < -0.4 is 0 Å². The van der Waals surface area contributed by atoms with Crippen molar-refractivity contribution in [3.05, 3.63) is 24.3 Å². The minimum absolute atomic E-state index is 0.0253. The predicted octanol–water partition coefficient (Wildman–Crippen LogP) is 5.54. The lowest BCUT2D eigenvalue weighted by molar-refractivity contribution is -0.207. The van der Waals surface area contributed by atoms with Crippen LogP contribution in [0.2, 0.25) is 0 Å². The third-order valence-corrected chi connectivity index (χ3v) is 9.91. The van der Waals surface area contributed by atoms with Gasteiger partial charge in [0.05, 0.1) is 17.8 Å². The number of hydrogen-bond acceptors (Lipinski definition) is 3. The van der Waals surface area contributed by atoms with Gasteiger partial charge in [-0.05, 0) is 93.3 Å². The first kappa shape index (κ1) is 21.1. The van der Waals surface area contributed by atoms with Gasteiger partial charge in [0, 0.05) is 11.8 Å². The highest BCUT2D eigenvalue weighted by molar-refractivity contribution is 5.20. The van der Waals surface area contributed by atoms with Gasteiger partial charge in [0.25, 0.3) is 0 Å². The van der Waals surface area contributed by atoms with Crippen LogP contribution in [0.4, 0.5) is 0 Å². The molecule has 0 aromatic heterocycles. The molecular formula is C26H39NO2. The van der Waals surface area contributed by atoms with Crippen molar-refractivity contribution in [3.8, 4) is 6.07 Å². The second kappa shape index (κ2) is 7.86. The van der Waals surface area contributed by atoms with E-state index < -0.39 is 5.60 Å². The lowest BCUT2D eigenvalue weighted by Crippen LogP contribution is -2.62. The van der Waals surface area contributed by atoms with Gasteiger partial charge in [-0.2, -0.15) is 5.26 Å². The van der Waals surface area contributed by atoms with Crippen molar-refractivity contribution in [2.24, 2.45) is 34.5 Å². The molecule has 0 heterocycles. The normalized spacial score (nSPS) is 49.6. The number of nitrogens with zero attached hydrogens (tertiary/aromatic N) is 1. The number of unbranched alkanes of at least 4 members (excludes halogenated alkanes) is 1. The lowest BCUT2D eigenvalue weighted by atomic mass is 9.43. The summed E-state index contributed by atoms with van der Waals surface area (Å²) < 4.78 is 0. The largest absolute Gasteiger partial charge is 0.393 e. The van der Waals surface area contributed by atoms with Gasteiger partial charge in [-0.3, -0.25) is 0 Å². The summed E-state index contributed by atoms with van der Waals surface area (Å²) in [5.74, 6) is 2.10. The average molecular weight is 398 g/mol. The van der Waals surface area contributed by atoms with Gasteiger partial charge in [0.15, 0.2) is 0 Å². The van der Waals surface area contributed by atoms with Crippen LogP contribution in [0.5, 0.6) is 0 Å². The fourth-order valence-electron chi connectivity index (χ4n) is 8.07. The third kappa shape index (κ3) is 3.31. The van der Waals surface area contributed by atoms with E-state index in [2.05, 4.69) is 44.2 Å². The number of aliphatic hydroxyl groups excluding tert-OH is 1. The van der Waals surface area contributed by atoms with Gasteiger partial charge >= 0.3 is 0 Å². The monoisotopic (exact) mass is 397 g/mol. The molecule has 4 saturated carbocycles. The van der Waals surface area contributed by atoms with Crippen LogP contribution >= 0.6 is 0 Å². The van der Waals surface area contributed by atoms with E-state index in [-0.39, 0.29) is 11.5 Å². The fraction of sp³-hybridized carbons (Fsp3) is 0.808. The Morgan fingerprint density at radius 3 is 2.62 bits per heavy atom. The molecule has 0 aromatic carbocycles. The summed E-state index contributed by atoms with van der Waals surface area (Å²) in [6.07, 6.45) is 19.6. The van der Waals surface area contributed by atoms with Crippen molar-refractivity contribution >= 4 is 0 Å². The number of aliphatic hydroxyl groups is 2. The van der Waals surface area contributed by atoms with Gasteiger partial charge in [-0.1, -0.05) is 38.2 Å². The molecule has 8 atom stereocenters. The molecule has 4 aliphatic rings. The Balaban J connectivity index is 1.51. The topological polar surface area (TPSA) is 64.2 Å². The zero-order chi connectivity index (χ0) is 20.7. The van der Waals surface area contributed by atoms with Gasteiger partial charge in [0.1, 0.15) is 0 Å². The zero-order valence-electron chi connectivity index (χ0n) is 18.3. The Kier molecular flexibility index (Phi) is 5.73. The predicted molar refractivity (Wildman–Crippen MR) is 116 cm³/mol. The highest BCUT2D eigenvalue weighted by atomic mass is 16.3. The van der Waals surface area contributed by atoms with Crippen molar-refractivity contribution in [1.82, 2.24) is 0 Å². The maximum absolute atomic E-state index is 12.1. The Morgan fingerprint density at radius 2 is 1.83 bits per heavy atom. The molecule has 29 heavy (non-hydrogen) atoms. The fourth-order valence-corrected chi connectivity index (χ4v) is 8.07. The number of allylic oxidation sites excluding steroid dienone is 4. The summed E-state index contributed by atoms with van der Waals surface area (Å²) in [6, 6.07) is 2.18. The molecule has 0 aliphatic heterocycles. The molecule has 160 valence electrons. The average Bonchev–Trinajstić information content (AvgIpc) is 2.96. The molecule has 4 fully saturated rings. The van der Waals surface area contributed by atoms with Gasteiger partial charge in [-0.25, -0.2) is 0 Å². The summed E-state index contributed by atoms with van der Waals surface area (Å²) >= 11 is 0. The minimum atomic E-state index is -0.542. The summed E-state index contributed by atoms with van der Waals surface area (Å²) in [7, 11) is 0. The Labute approximate surface area is 176 Å². The summed E-state index contributed by atoms with van der Waals surface area (Å²) in [6.45, 7) is 4.83. The molecule has 0 bridgehead atoms. The molecule has 0 saturated heterocycles. The third-order valence-electron chi connectivity index (χ3n) is 9.91. The maximum atomic E-state index is 12.1. The first-order chi connectivity index (χ1) is 13.8. The molecule has 3 heteroatoms. The molecule has 0 radical (unpaired) electrons. The van der Waals surface area contributed by atoms with Crippen LogP contribution in [0.1, 0.15) is 84.5 Å². The molecule has 0 spiro atoms. The van der Waals surface area contributed by atoms with Crippen LogP contribution in [-0.4, -0.2) is 21.9 Å². The SMILES string of the molecule is C[C@]12CC[C@H](O)C[C@H]1CC[C@@H]1[C@@H]2CC[C@]2(C)[C@@H](/C=C/C=C/CCC#N)CC[C@]12O. The lowest BCUT2D eigenvalue weighted by Gasteiger charge is -2.63. The molecule has 0 unspecified atom stereocenters. The van der Waals surface area contributed by atoms with Crippen LogP contribution in [0.15, 0.2) is 24.3 Å². The highest BCUT2D eigenvalue weighted by Gasteiger charge is 2.66. The smallest absolute Gasteiger partial charge is 0.0737 e. The van der Waals surface area contributed by atoms with E-state index in [0.717, 1.165) is 51.4 Å². The standard InChI is InChI=1S/C26H39NO2/c1-24-14-12-21(28)18-20(24)9-10-23-22(24)13-15-25(2)19(11-16-26(23,25)29)8-6-4-3-5-7-17-27/h3-4,6,8,19-23,28-29H,5,7,9-16,18H2,1-2H3/b4-3+,8-6+/t19-,20+,21-,22-,23+,24-,25+,26-/m0/s1. The molecule has 0 aromatic rings. The number of nitriles is 1. The van der Waals surface area contributed by atoms with E-state index in [9.17, 15) is 10.2 Å². The highest BCUT2D eigenvalue weighted by Crippen LogP contribution is 2.69. The number of rotatable bonds is 4. The van der Waals surface area contributed by atoms with E-state index in [1.807, 2.05) is 0 Å². The van der Waals surface area contributed by atoms with Crippen LogP contribution in [-0.2, 0) is 0 Å². The van der Waals surface area contributed by atoms with Crippen LogP contribution in [0, 0.1) is 45.8 Å². The second-order valence-corrected chi connectivity index (χ2v) is 11.0. The molecule has 2 N–H and O–H groups in total. The maximum Gasteiger partial charge on any atom is 0.0737 e. The Morgan fingerprint density at radius 1 is 1.00 bits per heavy atom. The molecule has 4 aliphatic carbocycles. The first-order valence-corrected chi connectivity index (χ1v) is 12.0. The summed E-state index contributed by atoms with van der Waals surface area (Å²) in [5, 5.41) is 31.0. The summed E-state index contributed by atoms with van der Waals surface area (Å²) in [4.78, 5) is 0.